The predicted octanol–water partition coefficient (Wildman–Crippen LogP) is 7.39. The summed E-state index contributed by atoms with van der Waals surface area (Å²) in [5, 5.41) is 0. The summed E-state index contributed by atoms with van der Waals surface area (Å²) < 4.78 is 22.0. The molecule has 4 aromatic carbocycles. The van der Waals surface area contributed by atoms with Crippen LogP contribution in [0, 0.1) is 0 Å². The smallest absolute Gasteiger partial charge is 0.414 e. The predicted molar refractivity (Wildman–Crippen MR) is 138 cm³/mol. The number of hydrogen-bond donors (Lipinski definition) is 0. The second-order valence-electron chi connectivity index (χ2n) is 8.50. The van der Waals surface area contributed by atoms with Gasteiger partial charge in [0.1, 0.15) is 11.5 Å². The highest BCUT2D eigenvalue weighted by atomic mass is 79.9. The molecule has 0 saturated carbocycles. The fourth-order valence-electron chi connectivity index (χ4n) is 4.55. The Morgan fingerprint density at radius 1 is 0.656 bits per heavy atom. The van der Waals surface area contributed by atoms with Gasteiger partial charge < -0.3 is 9.05 Å². The summed E-state index contributed by atoms with van der Waals surface area (Å²) in [5.41, 5.74) is 6.04. The summed E-state index contributed by atoms with van der Waals surface area (Å²) in [6, 6.07) is 27.7. The molecule has 1 nitrogen and oxygen atoms in total. The second-order valence-corrected chi connectivity index (χ2v) is 10.2. The van der Waals surface area contributed by atoms with Crippen LogP contribution in [-0.4, -0.2) is 6.99 Å². The average molecular weight is 550 g/mol. The molecular weight excluding hydrogens is 530 g/mol. The van der Waals surface area contributed by atoms with Crippen molar-refractivity contribution in [2.24, 2.45) is 0 Å². The monoisotopic (exact) mass is 548 g/mol. The van der Waals surface area contributed by atoms with Gasteiger partial charge in [-0.25, -0.2) is 0 Å². The lowest BCUT2D eigenvalue weighted by atomic mass is 9.62. The van der Waals surface area contributed by atoms with Crippen LogP contribution >= 0.6 is 31.9 Å². The van der Waals surface area contributed by atoms with E-state index in [1.807, 2.05) is 60.7 Å². The van der Waals surface area contributed by atoms with Crippen LogP contribution in [0.1, 0.15) is 25.0 Å². The van der Waals surface area contributed by atoms with Crippen molar-refractivity contribution in [2.45, 2.75) is 19.3 Å². The highest BCUT2D eigenvalue weighted by Gasteiger charge is 2.36. The van der Waals surface area contributed by atoms with E-state index in [2.05, 4.69) is 70.0 Å². The summed E-state index contributed by atoms with van der Waals surface area (Å²) in [7, 11) is 0. The molecule has 0 aromatic heterocycles. The summed E-state index contributed by atoms with van der Waals surface area (Å²) in [5.74, 6) is 1.84. The van der Waals surface area contributed by atoms with Gasteiger partial charge >= 0.3 is 6.99 Å². The van der Waals surface area contributed by atoms with Crippen LogP contribution in [0.2, 0.25) is 0 Å². The van der Waals surface area contributed by atoms with Crippen molar-refractivity contribution in [3.63, 3.8) is 0 Å². The van der Waals surface area contributed by atoms with Gasteiger partial charge in [0.2, 0.25) is 0 Å². The van der Waals surface area contributed by atoms with E-state index in [1.54, 1.807) is 0 Å². The quantitative estimate of drug-likeness (QED) is 0.208. The van der Waals surface area contributed by atoms with Crippen LogP contribution in [0.4, 0.5) is 4.32 Å². The molecule has 0 unspecified atom stereocenters. The number of halogens is 3. The first-order chi connectivity index (χ1) is 15.4. The first-order valence-corrected chi connectivity index (χ1v) is 12.1. The van der Waals surface area contributed by atoms with Gasteiger partial charge in [-0.2, -0.15) is 0 Å². The van der Waals surface area contributed by atoms with Crippen molar-refractivity contribution in [1.29, 1.82) is 0 Å². The molecule has 0 spiro atoms. The molecular formula is C27H20BBr2FO. The van der Waals surface area contributed by atoms with Crippen molar-refractivity contribution in [3.8, 4) is 22.6 Å². The zero-order valence-electron chi connectivity index (χ0n) is 17.7. The molecule has 32 heavy (non-hydrogen) atoms. The van der Waals surface area contributed by atoms with Crippen molar-refractivity contribution in [1.82, 2.24) is 0 Å². The number of benzene rings is 4. The molecule has 0 atom stereocenters. The van der Waals surface area contributed by atoms with Gasteiger partial charge in [0.05, 0.1) is 8.95 Å². The molecule has 158 valence electrons. The standard InChI is InChI=1S/C15H12Br2O.C12H8BF/c1-15(2)9-5-3-7-11(16)13(9)18-14-10(15)6-4-8-12(14)17;14-13-11-7-3-1-5-9(11)10-6-2-4-8-12(10)13/h3-8H,1-2H3;1-8H. The van der Waals surface area contributed by atoms with E-state index >= 15 is 0 Å². The zero-order valence-corrected chi connectivity index (χ0v) is 20.9. The third-order valence-corrected chi connectivity index (χ3v) is 7.49. The Bertz CT molecular complexity index is 1240. The Balaban J connectivity index is 0.000000139. The largest absolute Gasteiger partial charge is 0.454 e. The van der Waals surface area contributed by atoms with Crippen molar-refractivity contribution in [3.05, 3.63) is 105 Å². The van der Waals surface area contributed by atoms with E-state index in [-0.39, 0.29) is 5.41 Å². The van der Waals surface area contributed by atoms with Crippen LogP contribution in [0.25, 0.3) is 11.1 Å². The first kappa shape index (κ1) is 21.5. The third kappa shape index (κ3) is 3.43. The summed E-state index contributed by atoms with van der Waals surface area (Å²) >= 11 is 7.14. The molecule has 0 aliphatic carbocycles. The van der Waals surface area contributed by atoms with E-state index in [1.165, 1.54) is 11.1 Å². The molecule has 0 N–H and O–H groups in total. The van der Waals surface area contributed by atoms with Gasteiger partial charge in [0, 0.05) is 16.5 Å². The van der Waals surface area contributed by atoms with Crippen LogP contribution in [-0.2, 0) is 5.41 Å². The number of fused-ring (bicyclic) bond motifs is 5. The van der Waals surface area contributed by atoms with Crippen LogP contribution < -0.4 is 15.7 Å². The van der Waals surface area contributed by atoms with E-state index in [0.717, 1.165) is 42.5 Å². The highest BCUT2D eigenvalue weighted by Crippen LogP contribution is 2.52. The van der Waals surface area contributed by atoms with Gasteiger partial charge in [-0.3, -0.25) is 0 Å². The Morgan fingerprint density at radius 3 is 1.56 bits per heavy atom. The Morgan fingerprint density at radius 2 is 1.09 bits per heavy atom. The normalized spacial score (nSPS) is 14.2. The summed E-state index contributed by atoms with van der Waals surface area (Å²) in [4.78, 5) is 0. The van der Waals surface area contributed by atoms with Gasteiger partial charge in [0.15, 0.2) is 0 Å². The van der Waals surface area contributed by atoms with Gasteiger partial charge in [-0.05, 0) is 66.0 Å². The highest BCUT2D eigenvalue weighted by molar-refractivity contribution is 9.11. The molecule has 0 amide bonds. The average Bonchev–Trinajstić information content (AvgIpc) is 3.09. The van der Waals surface area contributed by atoms with Gasteiger partial charge in [0.25, 0.3) is 0 Å². The summed E-state index contributed by atoms with van der Waals surface area (Å²) in [6.45, 7) is 3.51. The van der Waals surface area contributed by atoms with E-state index in [9.17, 15) is 4.32 Å². The van der Waals surface area contributed by atoms with Crippen molar-refractivity contribution >= 4 is 49.8 Å². The minimum atomic E-state index is -0.942. The van der Waals surface area contributed by atoms with E-state index in [0.29, 0.717) is 0 Å². The van der Waals surface area contributed by atoms with Crippen LogP contribution in [0.15, 0.2) is 93.9 Å². The molecule has 6 rings (SSSR count). The molecule has 2 heterocycles. The Kier molecular flexibility index (Phi) is 5.51. The van der Waals surface area contributed by atoms with E-state index < -0.39 is 6.99 Å². The zero-order chi connectivity index (χ0) is 22.5. The first-order valence-electron chi connectivity index (χ1n) is 10.5. The summed E-state index contributed by atoms with van der Waals surface area (Å²) in [6.07, 6.45) is 0. The molecule has 2 aliphatic rings. The fraction of sp³-hybridized carbons (Fsp3) is 0.111. The fourth-order valence-corrected chi connectivity index (χ4v) is 5.45. The molecule has 0 bridgehead atoms. The number of para-hydroxylation sites is 2. The molecule has 0 fully saturated rings. The van der Waals surface area contributed by atoms with Crippen molar-refractivity contribution in [2.75, 3.05) is 0 Å². The van der Waals surface area contributed by atoms with Gasteiger partial charge in [-0.15, -0.1) is 0 Å². The molecule has 2 aliphatic heterocycles. The number of rotatable bonds is 0. The lowest BCUT2D eigenvalue weighted by molar-refractivity contribution is 0.413. The molecule has 0 saturated heterocycles. The minimum absolute atomic E-state index is 0.0591. The molecule has 5 heteroatoms. The number of hydrogen-bond acceptors (Lipinski definition) is 1. The maximum Gasteiger partial charge on any atom is 0.414 e. The van der Waals surface area contributed by atoms with Gasteiger partial charge in [-0.1, -0.05) is 86.6 Å². The molecule has 4 aromatic rings. The maximum absolute atomic E-state index is 13.9. The molecule has 0 radical (unpaired) electrons. The third-order valence-electron chi connectivity index (χ3n) is 6.24. The Labute approximate surface area is 205 Å². The lowest BCUT2D eigenvalue weighted by Gasteiger charge is -2.35. The van der Waals surface area contributed by atoms with E-state index in [4.69, 9.17) is 4.74 Å². The van der Waals surface area contributed by atoms with Crippen molar-refractivity contribution < 1.29 is 9.05 Å². The topological polar surface area (TPSA) is 9.23 Å². The SMILES string of the molecule is CC1(C)c2cccc(Br)c2Oc2c(Br)cccc21.FB1c2ccccc2-c2ccccc21. The second kappa shape index (κ2) is 8.20. The maximum atomic E-state index is 13.9. The lowest BCUT2D eigenvalue weighted by Crippen LogP contribution is -2.32. The minimum Gasteiger partial charge on any atom is -0.454 e. The Hall–Kier alpha value is -2.37. The van der Waals surface area contributed by atoms with Crippen LogP contribution in [0.3, 0.4) is 0 Å². The van der Waals surface area contributed by atoms with Crippen LogP contribution in [0.5, 0.6) is 11.5 Å². The number of ether oxygens (including phenoxy) is 1.